The molecule has 0 radical (unpaired) electrons. The number of alkyl halides is 3. The second-order valence-electron chi connectivity index (χ2n) is 6.35. The standard InChI is InChI=1S/C17H14F3N3O4/c1-8(2)22-14(25)10-5-4-9(6-11(10)15(22)26)23-13(24)7-12(17(18,19)20)21(3)16(23)27/h4-8H,1-3H3. The lowest BCUT2D eigenvalue weighted by Gasteiger charge is -2.17. The number of carbonyl (C=O) groups is 2. The molecule has 3 rings (SSSR count). The van der Waals surface area contributed by atoms with Gasteiger partial charge in [-0.3, -0.25) is 23.9 Å². The van der Waals surface area contributed by atoms with Crippen molar-refractivity contribution in [3.05, 3.63) is 61.9 Å². The summed E-state index contributed by atoms with van der Waals surface area (Å²) in [5.41, 5.74) is -3.80. The number of nitrogens with zero attached hydrogens (tertiary/aromatic N) is 3. The summed E-state index contributed by atoms with van der Waals surface area (Å²) in [5, 5.41) is 0. The lowest BCUT2D eigenvalue weighted by molar-refractivity contribution is -0.144. The number of carbonyl (C=O) groups excluding carboxylic acids is 2. The minimum absolute atomic E-state index is 0.0138. The van der Waals surface area contributed by atoms with Crippen LogP contribution in [-0.4, -0.2) is 31.9 Å². The first-order chi connectivity index (χ1) is 12.4. The number of halogens is 3. The molecule has 2 amide bonds. The van der Waals surface area contributed by atoms with Crippen LogP contribution in [0, 0.1) is 0 Å². The zero-order valence-corrected chi connectivity index (χ0v) is 14.5. The van der Waals surface area contributed by atoms with Gasteiger partial charge in [0.15, 0.2) is 0 Å². The SMILES string of the molecule is CC(C)N1C(=O)c2ccc(-n3c(=O)cc(C(F)(F)F)n(C)c3=O)cc2C1=O. The van der Waals surface area contributed by atoms with E-state index in [1.165, 1.54) is 12.1 Å². The summed E-state index contributed by atoms with van der Waals surface area (Å²) < 4.78 is 39.6. The van der Waals surface area contributed by atoms with Gasteiger partial charge in [0.2, 0.25) is 0 Å². The molecular formula is C17H14F3N3O4. The van der Waals surface area contributed by atoms with E-state index in [0.717, 1.165) is 18.0 Å². The zero-order chi connectivity index (χ0) is 20.3. The first-order valence-corrected chi connectivity index (χ1v) is 7.87. The highest BCUT2D eigenvalue weighted by Gasteiger charge is 2.38. The Labute approximate surface area is 150 Å². The molecule has 1 aromatic carbocycles. The molecule has 0 atom stereocenters. The second kappa shape index (κ2) is 5.93. The van der Waals surface area contributed by atoms with Crippen LogP contribution in [0.15, 0.2) is 33.9 Å². The van der Waals surface area contributed by atoms with Crippen molar-refractivity contribution in [2.45, 2.75) is 26.1 Å². The van der Waals surface area contributed by atoms with Crippen molar-refractivity contribution >= 4 is 11.8 Å². The molecule has 142 valence electrons. The van der Waals surface area contributed by atoms with E-state index in [0.29, 0.717) is 15.2 Å². The van der Waals surface area contributed by atoms with E-state index >= 15 is 0 Å². The van der Waals surface area contributed by atoms with E-state index < -0.39 is 41.0 Å². The average molecular weight is 381 g/mol. The summed E-state index contributed by atoms with van der Waals surface area (Å²) in [5.74, 6) is -1.10. The number of rotatable bonds is 2. The number of amides is 2. The molecule has 0 bridgehead atoms. The molecule has 2 aromatic rings. The minimum Gasteiger partial charge on any atom is -0.292 e. The number of benzene rings is 1. The van der Waals surface area contributed by atoms with Crippen molar-refractivity contribution in [3.8, 4) is 5.69 Å². The Bertz CT molecular complexity index is 1100. The van der Waals surface area contributed by atoms with E-state index in [4.69, 9.17) is 0 Å². The number of aromatic nitrogens is 2. The molecule has 0 fully saturated rings. The van der Waals surface area contributed by atoms with Gasteiger partial charge < -0.3 is 0 Å². The number of hydrogen-bond donors (Lipinski definition) is 0. The van der Waals surface area contributed by atoms with Crippen molar-refractivity contribution in [1.82, 2.24) is 14.0 Å². The van der Waals surface area contributed by atoms with E-state index in [1.54, 1.807) is 13.8 Å². The van der Waals surface area contributed by atoms with Crippen LogP contribution in [0.4, 0.5) is 13.2 Å². The van der Waals surface area contributed by atoms with E-state index in [-0.39, 0.29) is 16.8 Å². The first kappa shape index (κ1) is 18.6. The molecule has 10 heteroatoms. The molecule has 1 aliphatic heterocycles. The Morgan fingerprint density at radius 3 is 2.07 bits per heavy atom. The predicted octanol–water partition coefficient (Wildman–Crippen LogP) is 1.56. The molecular weight excluding hydrogens is 367 g/mol. The fourth-order valence-electron chi connectivity index (χ4n) is 2.99. The fraction of sp³-hybridized carbons (Fsp3) is 0.294. The summed E-state index contributed by atoms with van der Waals surface area (Å²) in [6.45, 7) is 3.30. The topological polar surface area (TPSA) is 81.4 Å². The van der Waals surface area contributed by atoms with Gasteiger partial charge in [0.25, 0.3) is 17.4 Å². The highest BCUT2D eigenvalue weighted by molar-refractivity contribution is 6.21. The third-order valence-corrected chi connectivity index (χ3v) is 4.29. The molecule has 27 heavy (non-hydrogen) atoms. The van der Waals surface area contributed by atoms with Crippen molar-refractivity contribution in [1.29, 1.82) is 0 Å². The fourth-order valence-corrected chi connectivity index (χ4v) is 2.99. The van der Waals surface area contributed by atoms with E-state index in [2.05, 4.69) is 0 Å². The Morgan fingerprint density at radius 2 is 1.52 bits per heavy atom. The molecule has 0 aliphatic carbocycles. The second-order valence-corrected chi connectivity index (χ2v) is 6.35. The van der Waals surface area contributed by atoms with Crippen molar-refractivity contribution in [2.75, 3.05) is 0 Å². The van der Waals surface area contributed by atoms with Gasteiger partial charge in [0.1, 0.15) is 5.69 Å². The third kappa shape index (κ3) is 2.77. The van der Waals surface area contributed by atoms with Crippen molar-refractivity contribution < 1.29 is 22.8 Å². The number of fused-ring (bicyclic) bond motifs is 1. The van der Waals surface area contributed by atoms with Crippen LogP contribution >= 0.6 is 0 Å². The van der Waals surface area contributed by atoms with Gasteiger partial charge in [0, 0.05) is 19.2 Å². The van der Waals surface area contributed by atoms with Gasteiger partial charge >= 0.3 is 11.9 Å². The summed E-state index contributed by atoms with van der Waals surface area (Å²) >= 11 is 0. The van der Waals surface area contributed by atoms with Crippen LogP contribution in [0.3, 0.4) is 0 Å². The van der Waals surface area contributed by atoms with Gasteiger partial charge in [0.05, 0.1) is 16.8 Å². The molecule has 7 nitrogen and oxygen atoms in total. The van der Waals surface area contributed by atoms with E-state index in [1.807, 2.05) is 0 Å². The summed E-state index contributed by atoms with van der Waals surface area (Å²) in [6, 6.07) is 3.58. The maximum Gasteiger partial charge on any atom is 0.431 e. The van der Waals surface area contributed by atoms with Crippen LogP contribution in [0.5, 0.6) is 0 Å². The largest absolute Gasteiger partial charge is 0.431 e. The van der Waals surface area contributed by atoms with Gasteiger partial charge in [-0.05, 0) is 32.0 Å². The molecule has 0 saturated heterocycles. The van der Waals surface area contributed by atoms with Gasteiger partial charge in [-0.15, -0.1) is 0 Å². The highest BCUT2D eigenvalue weighted by Crippen LogP contribution is 2.28. The molecule has 0 saturated carbocycles. The Morgan fingerprint density at radius 1 is 0.926 bits per heavy atom. The Balaban J connectivity index is 2.21. The lowest BCUT2D eigenvalue weighted by atomic mass is 10.1. The molecule has 0 N–H and O–H groups in total. The van der Waals surface area contributed by atoms with Crippen molar-refractivity contribution in [3.63, 3.8) is 0 Å². The predicted molar refractivity (Wildman–Crippen MR) is 87.9 cm³/mol. The van der Waals surface area contributed by atoms with Crippen LogP contribution < -0.4 is 11.2 Å². The summed E-state index contributed by atoms with van der Waals surface area (Å²) in [6.07, 6.45) is -4.87. The van der Waals surface area contributed by atoms with Gasteiger partial charge in [-0.25, -0.2) is 9.36 Å². The maximum atomic E-state index is 12.9. The lowest BCUT2D eigenvalue weighted by Crippen LogP contribution is -2.40. The smallest absolute Gasteiger partial charge is 0.292 e. The van der Waals surface area contributed by atoms with Crippen LogP contribution in [0.2, 0.25) is 0 Å². The summed E-state index contributed by atoms with van der Waals surface area (Å²) in [7, 11) is 0.892. The maximum absolute atomic E-state index is 12.9. The highest BCUT2D eigenvalue weighted by atomic mass is 19.4. The normalized spacial score (nSPS) is 14.3. The van der Waals surface area contributed by atoms with Gasteiger partial charge in [-0.2, -0.15) is 13.2 Å². The van der Waals surface area contributed by atoms with E-state index in [9.17, 15) is 32.3 Å². The quantitative estimate of drug-likeness (QED) is 0.740. The van der Waals surface area contributed by atoms with Crippen molar-refractivity contribution in [2.24, 2.45) is 7.05 Å². The molecule has 0 spiro atoms. The molecule has 1 aliphatic rings. The van der Waals surface area contributed by atoms with Crippen LogP contribution in [0.1, 0.15) is 40.3 Å². The first-order valence-electron chi connectivity index (χ1n) is 7.87. The van der Waals surface area contributed by atoms with Crippen LogP contribution in [0.25, 0.3) is 5.69 Å². The van der Waals surface area contributed by atoms with Gasteiger partial charge in [-0.1, -0.05) is 0 Å². The monoisotopic (exact) mass is 381 g/mol. The minimum atomic E-state index is -4.87. The number of hydrogen-bond acceptors (Lipinski definition) is 4. The average Bonchev–Trinajstić information content (AvgIpc) is 2.81. The Kier molecular flexibility index (Phi) is 4.09. The summed E-state index contributed by atoms with van der Waals surface area (Å²) in [4.78, 5) is 50.3. The Hall–Kier alpha value is -3.17. The third-order valence-electron chi connectivity index (χ3n) is 4.29. The molecule has 2 heterocycles. The number of imide groups is 1. The zero-order valence-electron chi connectivity index (χ0n) is 14.5. The molecule has 1 aromatic heterocycles. The van der Waals surface area contributed by atoms with Crippen LogP contribution in [-0.2, 0) is 13.2 Å². The molecule has 0 unspecified atom stereocenters.